The molecule has 1 atom stereocenters. The molecule has 0 amide bonds. The topological polar surface area (TPSA) is 60.8 Å². The van der Waals surface area contributed by atoms with Gasteiger partial charge in [-0.1, -0.05) is 19.6 Å². The molecule has 0 aliphatic rings. The molecule has 0 saturated heterocycles. The fraction of sp³-hybridized carbons (Fsp3) is 0.300. The van der Waals surface area contributed by atoms with E-state index in [0.29, 0.717) is 6.42 Å². The first-order valence-corrected chi connectivity index (χ1v) is 6.05. The van der Waals surface area contributed by atoms with Crippen molar-refractivity contribution in [3.63, 3.8) is 0 Å². The van der Waals surface area contributed by atoms with Crippen LogP contribution in [-0.2, 0) is 11.2 Å². The zero-order valence-electron chi connectivity index (χ0n) is 7.60. The van der Waals surface area contributed by atoms with Crippen molar-refractivity contribution in [2.24, 2.45) is 0 Å². The van der Waals surface area contributed by atoms with Crippen molar-refractivity contribution < 1.29 is 15.0 Å². The number of aliphatic carboxylic acids is 1. The van der Waals surface area contributed by atoms with Gasteiger partial charge >= 0.3 is 5.97 Å². The predicted molar refractivity (Wildman–Crippen MR) is 79.8 cm³/mol. The maximum Gasteiger partial charge on any atom is 0.322 e. The van der Waals surface area contributed by atoms with E-state index in [0.717, 1.165) is 5.56 Å². The molecule has 90 valence electrons. The predicted octanol–water partition coefficient (Wildman–Crippen LogP) is 3.03. The molecule has 0 heterocycles. The molecule has 0 spiro atoms. The minimum absolute atomic E-state index is 0. The SMILES string of the molecule is C.O=C(O)[C@H](Cc1ccc(O)cc1)N(I)I. The van der Waals surface area contributed by atoms with Gasteiger partial charge in [0, 0.05) is 52.1 Å². The molecular formula is C10H13I2NO3. The first-order valence-electron chi connectivity index (χ1n) is 4.12. The van der Waals surface area contributed by atoms with E-state index in [1.54, 1.807) is 25.6 Å². The standard InChI is InChI=1S/C9H9I2NO3.CH4/c10-12(11)8(9(14)15)5-6-1-3-7(13)4-2-6;/h1-4,8,13H,5H2,(H,14,15);1H4/t8-;/m0./s1. The second-order valence-electron chi connectivity index (χ2n) is 2.98. The summed E-state index contributed by atoms with van der Waals surface area (Å²) in [5.74, 6) is -0.668. The highest BCUT2D eigenvalue weighted by Crippen LogP contribution is 2.19. The van der Waals surface area contributed by atoms with E-state index < -0.39 is 12.0 Å². The quantitative estimate of drug-likeness (QED) is 0.549. The second-order valence-corrected chi connectivity index (χ2v) is 6.91. The van der Waals surface area contributed by atoms with Crippen molar-refractivity contribution in [1.82, 2.24) is 1.33 Å². The Morgan fingerprint density at radius 2 is 1.81 bits per heavy atom. The molecule has 16 heavy (non-hydrogen) atoms. The fourth-order valence-electron chi connectivity index (χ4n) is 1.10. The number of nitrogens with zero attached hydrogens (tertiary/aromatic N) is 1. The van der Waals surface area contributed by atoms with Crippen LogP contribution in [0.1, 0.15) is 13.0 Å². The summed E-state index contributed by atoms with van der Waals surface area (Å²) in [5, 5.41) is 18.0. The van der Waals surface area contributed by atoms with Gasteiger partial charge in [0.15, 0.2) is 0 Å². The number of halogens is 2. The van der Waals surface area contributed by atoms with Crippen LogP contribution >= 0.6 is 45.7 Å². The number of phenolic OH excluding ortho intramolecular Hbond substituents is 1. The Balaban J connectivity index is 0.00000225. The van der Waals surface area contributed by atoms with E-state index in [2.05, 4.69) is 0 Å². The summed E-state index contributed by atoms with van der Waals surface area (Å²) in [6.07, 6.45) is 0.418. The number of hydrogen-bond acceptors (Lipinski definition) is 3. The monoisotopic (exact) mass is 449 g/mol. The van der Waals surface area contributed by atoms with Gasteiger partial charge in [-0.15, -0.1) is 0 Å². The van der Waals surface area contributed by atoms with E-state index in [4.69, 9.17) is 10.2 Å². The van der Waals surface area contributed by atoms with Gasteiger partial charge in [-0.05, 0) is 17.7 Å². The number of hydrogen-bond donors (Lipinski definition) is 2. The van der Waals surface area contributed by atoms with Gasteiger partial charge in [-0.3, -0.25) is 4.79 Å². The Labute approximate surface area is 123 Å². The average molecular weight is 449 g/mol. The average Bonchev–Trinajstić information content (AvgIpc) is 2.15. The summed E-state index contributed by atoms with van der Waals surface area (Å²) in [6, 6.07) is 6.00. The molecule has 0 aromatic heterocycles. The van der Waals surface area contributed by atoms with Gasteiger partial charge in [-0.25, -0.2) is 0 Å². The lowest BCUT2D eigenvalue weighted by Gasteiger charge is -2.15. The molecule has 0 fully saturated rings. The summed E-state index contributed by atoms with van der Waals surface area (Å²) in [5.41, 5.74) is 0.888. The maximum absolute atomic E-state index is 10.9. The van der Waals surface area contributed by atoms with Crippen LogP contribution in [0, 0.1) is 0 Å². The first kappa shape index (κ1) is 15.9. The van der Waals surface area contributed by atoms with Gasteiger partial charge < -0.3 is 10.2 Å². The Morgan fingerprint density at radius 3 is 2.19 bits per heavy atom. The molecule has 6 heteroatoms. The molecule has 0 radical (unpaired) electrons. The fourth-order valence-corrected chi connectivity index (χ4v) is 1.97. The van der Waals surface area contributed by atoms with Crippen molar-refractivity contribution in [2.45, 2.75) is 19.9 Å². The second kappa shape index (κ2) is 7.28. The number of aromatic hydroxyl groups is 1. The van der Waals surface area contributed by atoms with Crippen molar-refractivity contribution in [3.8, 4) is 5.75 Å². The zero-order valence-corrected chi connectivity index (χ0v) is 11.9. The molecule has 0 bridgehead atoms. The van der Waals surface area contributed by atoms with Crippen LogP contribution in [0.4, 0.5) is 0 Å². The molecule has 0 unspecified atom stereocenters. The van der Waals surface area contributed by atoms with Crippen molar-refractivity contribution in [3.05, 3.63) is 29.8 Å². The molecular weight excluding hydrogens is 436 g/mol. The van der Waals surface area contributed by atoms with Gasteiger partial charge in [0.25, 0.3) is 0 Å². The van der Waals surface area contributed by atoms with Crippen molar-refractivity contribution in [1.29, 1.82) is 0 Å². The Bertz CT molecular complexity index is 340. The third-order valence-corrected chi connectivity index (χ3v) is 3.23. The Morgan fingerprint density at radius 1 is 1.31 bits per heavy atom. The van der Waals surface area contributed by atoms with Crippen LogP contribution in [0.3, 0.4) is 0 Å². The lowest BCUT2D eigenvalue weighted by molar-refractivity contribution is -0.139. The summed E-state index contributed by atoms with van der Waals surface area (Å²) in [4.78, 5) is 10.9. The number of carbonyl (C=O) groups is 1. The normalized spacial score (nSPS) is 11.9. The molecule has 0 saturated carbocycles. The zero-order chi connectivity index (χ0) is 11.4. The van der Waals surface area contributed by atoms with Crippen LogP contribution in [-0.4, -0.2) is 23.6 Å². The van der Waals surface area contributed by atoms with E-state index in [1.165, 1.54) is 0 Å². The first-order chi connectivity index (χ1) is 7.00. The molecule has 0 aliphatic heterocycles. The number of rotatable bonds is 4. The van der Waals surface area contributed by atoms with Crippen LogP contribution < -0.4 is 0 Å². The molecule has 1 aromatic carbocycles. The number of carboxylic acids is 1. The highest BCUT2D eigenvalue weighted by atomic mass is 127. The van der Waals surface area contributed by atoms with E-state index in [-0.39, 0.29) is 13.2 Å². The summed E-state index contributed by atoms with van der Waals surface area (Å²) in [7, 11) is 0. The van der Waals surface area contributed by atoms with Crippen LogP contribution in [0.2, 0.25) is 0 Å². The molecule has 0 aliphatic carbocycles. The highest BCUT2D eigenvalue weighted by molar-refractivity contribution is 14.2. The number of carboxylic acid groups (broad SMARTS) is 1. The van der Waals surface area contributed by atoms with E-state index in [1.807, 2.05) is 45.7 Å². The third-order valence-electron chi connectivity index (χ3n) is 1.89. The van der Waals surface area contributed by atoms with Gasteiger partial charge in [-0.2, -0.15) is 1.33 Å². The maximum atomic E-state index is 10.9. The Kier molecular flexibility index (Phi) is 7.24. The van der Waals surface area contributed by atoms with Gasteiger partial charge in [0.05, 0.1) is 0 Å². The minimum atomic E-state index is -0.855. The van der Waals surface area contributed by atoms with Gasteiger partial charge in [0.2, 0.25) is 0 Å². The highest BCUT2D eigenvalue weighted by Gasteiger charge is 2.22. The Hall–Kier alpha value is -0.0900. The van der Waals surface area contributed by atoms with E-state index in [9.17, 15) is 4.79 Å². The molecule has 1 rings (SSSR count). The molecule has 4 nitrogen and oxygen atoms in total. The van der Waals surface area contributed by atoms with Crippen LogP contribution in [0.25, 0.3) is 0 Å². The smallest absolute Gasteiger partial charge is 0.322 e. The lowest BCUT2D eigenvalue weighted by atomic mass is 10.1. The molecule has 2 N–H and O–H groups in total. The van der Waals surface area contributed by atoms with Crippen molar-refractivity contribution >= 4 is 51.7 Å². The number of benzene rings is 1. The van der Waals surface area contributed by atoms with Crippen LogP contribution in [0.15, 0.2) is 24.3 Å². The summed E-state index contributed by atoms with van der Waals surface area (Å²) in [6.45, 7) is 0. The van der Waals surface area contributed by atoms with E-state index >= 15 is 0 Å². The number of phenols is 1. The summed E-state index contributed by atoms with van der Waals surface area (Å²) < 4.78 is 1.60. The van der Waals surface area contributed by atoms with Crippen LogP contribution in [0.5, 0.6) is 5.75 Å². The van der Waals surface area contributed by atoms with Gasteiger partial charge in [0.1, 0.15) is 11.8 Å². The summed E-state index contributed by atoms with van der Waals surface area (Å²) >= 11 is 3.89. The molecule has 1 aromatic rings. The minimum Gasteiger partial charge on any atom is -0.508 e. The largest absolute Gasteiger partial charge is 0.508 e. The third kappa shape index (κ3) is 4.83. The van der Waals surface area contributed by atoms with Crippen molar-refractivity contribution in [2.75, 3.05) is 0 Å². The lowest BCUT2D eigenvalue weighted by Crippen LogP contribution is -2.30.